The summed E-state index contributed by atoms with van der Waals surface area (Å²) in [5, 5.41) is 9.54. The lowest BCUT2D eigenvalue weighted by atomic mass is 9.70. The zero-order valence-electron chi connectivity index (χ0n) is 12.0. The van der Waals surface area contributed by atoms with Gasteiger partial charge in [0.2, 0.25) is 0 Å². The summed E-state index contributed by atoms with van der Waals surface area (Å²) in [6.45, 7) is 2.93. The summed E-state index contributed by atoms with van der Waals surface area (Å²) in [5.41, 5.74) is 2.37. The summed E-state index contributed by atoms with van der Waals surface area (Å²) in [4.78, 5) is 11.6. The van der Waals surface area contributed by atoms with E-state index in [0.29, 0.717) is 5.92 Å². The zero-order chi connectivity index (χ0) is 14.1. The van der Waals surface area contributed by atoms with E-state index in [9.17, 15) is 9.90 Å². The van der Waals surface area contributed by atoms with E-state index in [1.807, 2.05) is 0 Å². The monoisotopic (exact) mass is 274 g/mol. The van der Waals surface area contributed by atoms with Crippen LogP contribution in [-0.4, -0.2) is 17.7 Å². The van der Waals surface area contributed by atoms with Gasteiger partial charge in [-0.1, -0.05) is 31.5 Å². The van der Waals surface area contributed by atoms with E-state index in [4.69, 9.17) is 4.74 Å². The van der Waals surface area contributed by atoms with E-state index in [0.717, 1.165) is 50.0 Å². The topological polar surface area (TPSA) is 46.5 Å². The average Bonchev–Trinajstić information content (AvgIpc) is 2.94. The van der Waals surface area contributed by atoms with Crippen molar-refractivity contribution in [3.8, 4) is 5.75 Å². The third-order valence-electron chi connectivity index (χ3n) is 5.00. The van der Waals surface area contributed by atoms with Crippen LogP contribution in [0.1, 0.15) is 49.7 Å². The highest BCUT2D eigenvalue weighted by atomic mass is 16.5. The Morgan fingerprint density at radius 3 is 3.00 bits per heavy atom. The molecule has 3 rings (SSSR count). The smallest absolute Gasteiger partial charge is 0.307 e. The Kier molecular flexibility index (Phi) is 3.68. The highest BCUT2D eigenvalue weighted by Gasteiger charge is 2.37. The van der Waals surface area contributed by atoms with Gasteiger partial charge in [-0.25, -0.2) is 0 Å². The highest BCUT2D eigenvalue weighted by molar-refractivity contribution is 5.72. The molecule has 1 aromatic carbocycles. The SMILES string of the molecule is CCC1CCC(C(=O)O)C(c2cccc3c2OCC3)C1. The van der Waals surface area contributed by atoms with Crippen molar-refractivity contribution in [2.75, 3.05) is 6.61 Å². The van der Waals surface area contributed by atoms with Gasteiger partial charge in [0.05, 0.1) is 12.5 Å². The first-order valence-electron chi connectivity index (χ1n) is 7.68. The van der Waals surface area contributed by atoms with E-state index in [1.165, 1.54) is 5.56 Å². The standard InChI is InChI=1S/C17H22O3/c1-2-11-6-7-14(17(18)19)15(10-11)13-5-3-4-12-8-9-20-16(12)13/h3-5,11,14-15H,2,6-10H2,1H3,(H,18,19). The molecular formula is C17H22O3. The molecule has 0 aromatic heterocycles. The Labute approximate surface area is 120 Å². The van der Waals surface area contributed by atoms with E-state index < -0.39 is 5.97 Å². The largest absolute Gasteiger partial charge is 0.493 e. The fraction of sp³-hybridized carbons (Fsp3) is 0.588. The van der Waals surface area contributed by atoms with E-state index in [1.54, 1.807) is 0 Å². The molecule has 1 N–H and O–H groups in total. The minimum atomic E-state index is -0.653. The lowest BCUT2D eigenvalue weighted by molar-refractivity contribution is -0.143. The number of aliphatic carboxylic acids is 1. The number of carbonyl (C=O) groups is 1. The fourth-order valence-electron chi connectivity index (χ4n) is 3.80. The maximum Gasteiger partial charge on any atom is 0.307 e. The number of hydrogen-bond acceptors (Lipinski definition) is 2. The number of carboxylic acid groups (broad SMARTS) is 1. The van der Waals surface area contributed by atoms with Crippen LogP contribution in [-0.2, 0) is 11.2 Å². The van der Waals surface area contributed by atoms with Crippen molar-refractivity contribution in [3.05, 3.63) is 29.3 Å². The van der Waals surface area contributed by atoms with Crippen LogP contribution in [0.25, 0.3) is 0 Å². The van der Waals surface area contributed by atoms with Crippen LogP contribution >= 0.6 is 0 Å². The molecule has 1 fully saturated rings. The molecule has 1 aliphatic heterocycles. The van der Waals surface area contributed by atoms with E-state index in [2.05, 4.69) is 25.1 Å². The molecule has 3 nitrogen and oxygen atoms in total. The molecule has 0 radical (unpaired) electrons. The third-order valence-corrected chi connectivity index (χ3v) is 5.00. The van der Waals surface area contributed by atoms with E-state index >= 15 is 0 Å². The summed E-state index contributed by atoms with van der Waals surface area (Å²) in [6.07, 6.45) is 4.90. The molecule has 0 spiro atoms. The second-order valence-electron chi connectivity index (χ2n) is 6.07. The summed E-state index contributed by atoms with van der Waals surface area (Å²) in [6, 6.07) is 6.22. The maximum atomic E-state index is 11.6. The molecule has 1 aromatic rings. The van der Waals surface area contributed by atoms with Gasteiger partial charge in [-0.15, -0.1) is 0 Å². The van der Waals surface area contributed by atoms with Gasteiger partial charge in [-0.3, -0.25) is 4.79 Å². The number of para-hydroxylation sites is 1. The molecule has 3 heteroatoms. The molecular weight excluding hydrogens is 252 g/mol. The van der Waals surface area contributed by atoms with Crippen LogP contribution in [0, 0.1) is 11.8 Å². The first-order valence-corrected chi connectivity index (χ1v) is 7.68. The molecule has 1 heterocycles. The molecule has 2 aliphatic rings. The number of carboxylic acids is 1. The van der Waals surface area contributed by atoms with Crippen LogP contribution in [0.15, 0.2) is 18.2 Å². The van der Waals surface area contributed by atoms with Crippen LogP contribution in [0.4, 0.5) is 0 Å². The number of hydrogen-bond donors (Lipinski definition) is 1. The Balaban J connectivity index is 1.96. The van der Waals surface area contributed by atoms with Gasteiger partial charge in [-0.2, -0.15) is 0 Å². The number of ether oxygens (including phenoxy) is 1. The molecule has 0 saturated heterocycles. The summed E-state index contributed by atoms with van der Waals surface area (Å²) >= 11 is 0. The predicted molar refractivity (Wildman–Crippen MR) is 77.1 cm³/mol. The van der Waals surface area contributed by atoms with Gasteiger partial charge in [0.1, 0.15) is 5.75 Å². The first-order chi connectivity index (χ1) is 9.70. The van der Waals surface area contributed by atoms with Crippen LogP contribution in [0.3, 0.4) is 0 Å². The van der Waals surface area contributed by atoms with Crippen molar-refractivity contribution in [2.24, 2.45) is 11.8 Å². The number of rotatable bonds is 3. The normalized spacial score (nSPS) is 28.8. The molecule has 108 valence electrons. The van der Waals surface area contributed by atoms with Crippen molar-refractivity contribution in [1.29, 1.82) is 0 Å². The average molecular weight is 274 g/mol. The Morgan fingerprint density at radius 2 is 2.25 bits per heavy atom. The predicted octanol–water partition coefficient (Wildman–Crippen LogP) is 3.62. The van der Waals surface area contributed by atoms with Gasteiger partial charge in [-0.05, 0) is 36.3 Å². The summed E-state index contributed by atoms with van der Waals surface area (Å²) in [7, 11) is 0. The van der Waals surface area contributed by atoms with Gasteiger partial charge in [0.25, 0.3) is 0 Å². The second-order valence-corrected chi connectivity index (χ2v) is 6.07. The lowest BCUT2D eigenvalue weighted by Gasteiger charge is -2.34. The van der Waals surface area contributed by atoms with E-state index in [-0.39, 0.29) is 11.8 Å². The summed E-state index contributed by atoms with van der Waals surface area (Å²) in [5.74, 6) is 0.821. The molecule has 3 unspecified atom stereocenters. The Hall–Kier alpha value is -1.51. The van der Waals surface area contributed by atoms with Crippen molar-refractivity contribution < 1.29 is 14.6 Å². The minimum Gasteiger partial charge on any atom is -0.493 e. The van der Waals surface area contributed by atoms with Crippen LogP contribution in [0.5, 0.6) is 5.75 Å². The Morgan fingerprint density at radius 1 is 1.40 bits per heavy atom. The molecule has 20 heavy (non-hydrogen) atoms. The highest BCUT2D eigenvalue weighted by Crippen LogP contribution is 2.46. The molecule has 0 bridgehead atoms. The van der Waals surface area contributed by atoms with Gasteiger partial charge in [0.15, 0.2) is 0 Å². The minimum absolute atomic E-state index is 0.110. The van der Waals surface area contributed by atoms with Gasteiger partial charge in [0, 0.05) is 12.3 Å². The van der Waals surface area contributed by atoms with Crippen molar-refractivity contribution >= 4 is 5.97 Å². The number of benzene rings is 1. The van der Waals surface area contributed by atoms with Crippen molar-refractivity contribution in [1.82, 2.24) is 0 Å². The summed E-state index contributed by atoms with van der Waals surface area (Å²) < 4.78 is 5.79. The maximum absolute atomic E-state index is 11.6. The molecule has 1 saturated carbocycles. The molecule has 1 aliphatic carbocycles. The number of fused-ring (bicyclic) bond motifs is 1. The lowest BCUT2D eigenvalue weighted by Crippen LogP contribution is -2.29. The van der Waals surface area contributed by atoms with Gasteiger partial charge < -0.3 is 9.84 Å². The van der Waals surface area contributed by atoms with Crippen molar-refractivity contribution in [3.63, 3.8) is 0 Å². The van der Waals surface area contributed by atoms with Gasteiger partial charge >= 0.3 is 5.97 Å². The van der Waals surface area contributed by atoms with Crippen LogP contribution in [0.2, 0.25) is 0 Å². The quantitative estimate of drug-likeness (QED) is 0.915. The zero-order valence-corrected chi connectivity index (χ0v) is 12.0. The van der Waals surface area contributed by atoms with Crippen LogP contribution < -0.4 is 4.74 Å². The second kappa shape index (κ2) is 5.47. The fourth-order valence-corrected chi connectivity index (χ4v) is 3.80. The molecule has 0 amide bonds. The Bertz CT molecular complexity index is 509. The van der Waals surface area contributed by atoms with Crippen molar-refractivity contribution in [2.45, 2.75) is 44.9 Å². The molecule has 3 atom stereocenters. The first kappa shape index (κ1) is 13.5. The third kappa shape index (κ3) is 2.30.